The van der Waals surface area contributed by atoms with Gasteiger partial charge in [0.1, 0.15) is 0 Å². The number of hydrogen-bond donors (Lipinski definition) is 1. The monoisotopic (exact) mass is 418 g/mol. The lowest BCUT2D eigenvalue weighted by atomic mass is 9.85. The number of hydrogen-bond acceptors (Lipinski definition) is 8. The van der Waals surface area contributed by atoms with Gasteiger partial charge in [-0.1, -0.05) is 29.4 Å². The van der Waals surface area contributed by atoms with Gasteiger partial charge in [-0.05, 0) is 49.3 Å². The minimum absolute atomic E-state index is 0.119. The molecule has 3 aromatic rings. The number of carboxylic acid groups (broad SMARTS) is 1. The molecule has 1 aromatic carbocycles. The van der Waals surface area contributed by atoms with Gasteiger partial charge in [-0.3, -0.25) is 4.79 Å². The maximum Gasteiger partial charge on any atom is 0.306 e. The number of benzene rings is 1. The molecule has 2 aliphatic carbocycles. The topological polar surface area (TPSA) is 115 Å². The molecule has 10 heteroatoms. The van der Waals surface area contributed by atoms with Crippen LogP contribution in [-0.4, -0.2) is 36.7 Å². The summed E-state index contributed by atoms with van der Waals surface area (Å²) in [5.41, 5.74) is 1.89. The fraction of sp³-hybridized carbons (Fsp3) is 0.389. The second-order valence-electron chi connectivity index (χ2n) is 7.05. The molecule has 0 atom stereocenters. The minimum atomic E-state index is -0.759. The van der Waals surface area contributed by atoms with Crippen LogP contribution in [0.25, 0.3) is 23.2 Å². The van der Waals surface area contributed by atoms with Gasteiger partial charge in [-0.15, -0.1) is 20.4 Å². The van der Waals surface area contributed by atoms with Crippen molar-refractivity contribution in [3.63, 3.8) is 0 Å². The Morgan fingerprint density at radius 2 is 1.79 bits per heavy atom. The van der Waals surface area contributed by atoms with Crippen molar-refractivity contribution in [3.8, 4) is 23.2 Å². The summed E-state index contributed by atoms with van der Waals surface area (Å²) in [6.07, 6.45) is 3.60. The van der Waals surface area contributed by atoms with Crippen molar-refractivity contribution in [3.05, 3.63) is 28.8 Å². The number of nitrogens with zero attached hydrogens (tertiary/aromatic N) is 4. The Morgan fingerprint density at radius 3 is 2.50 bits per heavy atom. The average molecular weight is 419 g/mol. The second kappa shape index (κ2) is 6.89. The fourth-order valence-electron chi connectivity index (χ4n) is 3.14. The van der Waals surface area contributed by atoms with E-state index in [4.69, 9.17) is 25.5 Å². The lowest BCUT2D eigenvalue weighted by Crippen LogP contribution is -2.32. The van der Waals surface area contributed by atoms with Gasteiger partial charge in [0, 0.05) is 5.25 Å². The van der Waals surface area contributed by atoms with Crippen molar-refractivity contribution >= 4 is 29.3 Å². The van der Waals surface area contributed by atoms with Crippen LogP contribution < -0.4 is 0 Å². The van der Waals surface area contributed by atoms with E-state index in [1.54, 1.807) is 0 Å². The van der Waals surface area contributed by atoms with Crippen molar-refractivity contribution in [1.29, 1.82) is 0 Å². The lowest BCUT2D eigenvalue weighted by Gasteiger charge is -2.30. The first-order valence-electron chi connectivity index (χ1n) is 8.93. The van der Waals surface area contributed by atoms with Crippen molar-refractivity contribution in [2.75, 3.05) is 0 Å². The molecule has 0 amide bonds. The molecule has 8 nitrogen and oxygen atoms in total. The van der Waals surface area contributed by atoms with Gasteiger partial charge in [0.25, 0.3) is 5.22 Å². The molecule has 2 heterocycles. The van der Waals surface area contributed by atoms with E-state index in [2.05, 4.69) is 20.4 Å². The molecule has 1 N–H and O–H groups in total. The highest BCUT2D eigenvalue weighted by molar-refractivity contribution is 7.99. The maximum atomic E-state index is 10.9. The smallest absolute Gasteiger partial charge is 0.306 e. The summed E-state index contributed by atoms with van der Waals surface area (Å²) >= 11 is 7.75. The Kier molecular flexibility index (Phi) is 4.36. The molecule has 28 heavy (non-hydrogen) atoms. The summed E-state index contributed by atoms with van der Waals surface area (Å²) in [7, 11) is 0. The molecule has 0 unspecified atom stereocenters. The van der Waals surface area contributed by atoms with Crippen LogP contribution >= 0.6 is 23.4 Å². The first-order chi connectivity index (χ1) is 13.6. The lowest BCUT2D eigenvalue weighted by molar-refractivity contribution is -0.144. The van der Waals surface area contributed by atoms with Gasteiger partial charge >= 0.3 is 17.8 Å². The van der Waals surface area contributed by atoms with E-state index in [0.29, 0.717) is 34.6 Å². The largest absolute Gasteiger partial charge is 0.481 e. The van der Waals surface area contributed by atoms with Gasteiger partial charge in [0.05, 0.1) is 16.5 Å². The quantitative estimate of drug-likeness (QED) is 0.626. The molecule has 2 saturated carbocycles. The molecule has 0 saturated heterocycles. The van der Waals surface area contributed by atoms with E-state index in [9.17, 15) is 4.79 Å². The van der Waals surface area contributed by atoms with Crippen LogP contribution in [0.1, 0.15) is 37.2 Å². The third-order valence-electron chi connectivity index (χ3n) is 5.00. The Morgan fingerprint density at radius 1 is 1.07 bits per heavy atom. The van der Waals surface area contributed by atoms with E-state index < -0.39 is 5.97 Å². The SMILES string of the molecule is O=C(O)C1CC(Sc2nnc(-c3nnc(-c4ccc(C5CC5)cc4Cl)o3)o2)C1. The number of carbonyl (C=O) groups is 1. The van der Waals surface area contributed by atoms with Crippen molar-refractivity contribution < 1.29 is 18.7 Å². The van der Waals surface area contributed by atoms with Crippen molar-refractivity contribution in [2.45, 2.75) is 42.1 Å². The average Bonchev–Trinajstić information content (AvgIpc) is 3.18. The highest BCUT2D eigenvalue weighted by Crippen LogP contribution is 2.43. The predicted octanol–water partition coefficient (Wildman–Crippen LogP) is 4.27. The molecule has 5 rings (SSSR count). The number of carboxylic acids is 1. The second-order valence-corrected chi connectivity index (χ2v) is 8.70. The summed E-state index contributed by atoms with van der Waals surface area (Å²) in [4.78, 5) is 10.9. The van der Waals surface area contributed by atoms with Crippen LogP contribution in [0.5, 0.6) is 0 Å². The molecule has 2 fully saturated rings. The summed E-state index contributed by atoms with van der Waals surface area (Å²) in [5, 5.41) is 25.9. The van der Waals surface area contributed by atoms with Gasteiger partial charge in [0.15, 0.2) is 0 Å². The highest BCUT2D eigenvalue weighted by atomic mass is 35.5. The van der Waals surface area contributed by atoms with E-state index in [1.807, 2.05) is 18.2 Å². The number of thioether (sulfide) groups is 1. The van der Waals surface area contributed by atoms with Crippen LogP contribution in [-0.2, 0) is 4.79 Å². The Labute approximate surface area is 168 Å². The molecular formula is C18H15ClN4O4S. The molecule has 0 radical (unpaired) electrons. The highest BCUT2D eigenvalue weighted by Gasteiger charge is 2.36. The molecule has 0 bridgehead atoms. The summed E-state index contributed by atoms with van der Waals surface area (Å²) < 4.78 is 11.2. The van der Waals surface area contributed by atoms with E-state index in [0.717, 1.165) is 0 Å². The molecule has 0 aliphatic heterocycles. The number of aliphatic carboxylic acids is 1. The Hall–Kier alpha value is -2.39. The Bertz CT molecular complexity index is 1040. The minimum Gasteiger partial charge on any atom is -0.481 e. The summed E-state index contributed by atoms with van der Waals surface area (Å²) in [6, 6.07) is 5.87. The molecule has 144 valence electrons. The maximum absolute atomic E-state index is 10.9. The zero-order valence-corrected chi connectivity index (χ0v) is 16.1. The summed E-state index contributed by atoms with van der Waals surface area (Å²) in [5.74, 6) is 0.105. The first-order valence-corrected chi connectivity index (χ1v) is 10.2. The van der Waals surface area contributed by atoms with Crippen LogP contribution in [0.4, 0.5) is 0 Å². The standard InChI is InChI=1S/C18H15ClN4O4S/c19-13-7-9(8-1-2-8)3-4-12(13)14-20-21-15(26-14)16-22-23-18(27-16)28-11-5-10(6-11)17(24)25/h3-4,7-8,10-11H,1-2,5-6H2,(H,24,25). The Balaban J connectivity index is 1.29. The molecule has 2 aromatic heterocycles. The molecule has 2 aliphatic rings. The number of rotatable bonds is 6. The van der Waals surface area contributed by atoms with Crippen LogP contribution in [0.3, 0.4) is 0 Å². The van der Waals surface area contributed by atoms with Crippen LogP contribution in [0.2, 0.25) is 5.02 Å². The van der Waals surface area contributed by atoms with Crippen LogP contribution in [0.15, 0.2) is 32.3 Å². The molecule has 0 spiro atoms. The van der Waals surface area contributed by atoms with Crippen molar-refractivity contribution in [1.82, 2.24) is 20.4 Å². The van der Waals surface area contributed by atoms with Gasteiger partial charge in [-0.2, -0.15) is 0 Å². The van der Waals surface area contributed by atoms with Gasteiger partial charge in [0.2, 0.25) is 5.89 Å². The summed E-state index contributed by atoms with van der Waals surface area (Å²) in [6.45, 7) is 0. The van der Waals surface area contributed by atoms with Gasteiger partial charge in [-0.25, -0.2) is 0 Å². The fourth-order valence-corrected chi connectivity index (χ4v) is 4.57. The third-order valence-corrected chi connectivity index (χ3v) is 6.40. The third kappa shape index (κ3) is 3.40. The molecular weight excluding hydrogens is 404 g/mol. The van der Waals surface area contributed by atoms with Crippen molar-refractivity contribution in [2.24, 2.45) is 5.92 Å². The van der Waals surface area contributed by atoms with E-state index in [1.165, 1.54) is 30.2 Å². The van der Waals surface area contributed by atoms with E-state index in [-0.39, 0.29) is 28.8 Å². The zero-order chi connectivity index (χ0) is 19.3. The van der Waals surface area contributed by atoms with E-state index >= 15 is 0 Å². The number of halogens is 1. The predicted molar refractivity (Wildman–Crippen MR) is 100 cm³/mol. The zero-order valence-electron chi connectivity index (χ0n) is 14.5. The van der Waals surface area contributed by atoms with Crippen LogP contribution in [0, 0.1) is 5.92 Å². The first kappa shape index (κ1) is 17.7. The normalized spacial score (nSPS) is 21.5. The number of aromatic nitrogens is 4. The van der Waals surface area contributed by atoms with Gasteiger partial charge < -0.3 is 13.9 Å².